The van der Waals surface area contributed by atoms with Gasteiger partial charge in [0.1, 0.15) is 5.75 Å². The summed E-state index contributed by atoms with van der Waals surface area (Å²) in [5, 5.41) is 16.2. The van der Waals surface area contributed by atoms with Gasteiger partial charge in [0.15, 0.2) is 0 Å². The van der Waals surface area contributed by atoms with Crippen LogP contribution in [0.4, 0.5) is 5.69 Å². The number of nitrogens with zero attached hydrogens (tertiary/aromatic N) is 3. The first kappa shape index (κ1) is 16.4. The highest BCUT2D eigenvalue weighted by molar-refractivity contribution is 5.96. The molecule has 0 saturated heterocycles. The van der Waals surface area contributed by atoms with E-state index in [1.807, 2.05) is 0 Å². The van der Waals surface area contributed by atoms with E-state index in [1.165, 1.54) is 24.1 Å². The summed E-state index contributed by atoms with van der Waals surface area (Å²) >= 11 is 0. The molecule has 3 rings (SSSR count). The number of hydrogen-bond donors (Lipinski definition) is 0. The SMILES string of the molecule is COc1ccc(C2=NN(C(C)=O)C(c3ccc([N+](=O)[O-])cc3)O2)cc1. The van der Waals surface area contributed by atoms with E-state index >= 15 is 0 Å². The molecule has 8 heteroatoms. The Labute approximate surface area is 143 Å². The quantitative estimate of drug-likeness (QED) is 0.629. The molecule has 2 aromatic carbocycles. The van der Waals surface area contributed by atoms with Crippen molar-refractivity contribution in [3.05, 3.63) is 69.8 Å². The van der Waals surface area contributed by atoms with Crippen LogP contribution >= 0.6 is 0 Å². The number of ether oxygens (including phenoxy) is 2. The van der Waals surface area contributed by atoms with Crippen molar-refractivity contribution in [2.45, 2.75) is 13.2 Å². The third kappa shape index (κ3) is 3.27. The first-order valence-electron chi connectivity index (χ1n) is 7.43. The molecule has 1 amide bonds. The van der Waals surface area contributed by atoms with Crippen LogP contribution < -0.4 is 4.74 Å². The Morgan fingerprint density at radius 1 is 1.20 bits per heavy atom. The topological polar surface area (TPSA) is 94.3 Å². The van der Waals surface area contributed by atoms with E-state index in [0.29, 0.717) is 22.8 Å². The van der Waals surface area contributed by atoms with Gasteiger partial charge >= 0.3 is 0 Å². The molecule has 0 saturated carbocycles. The summed E-state index contributed by atoms with van der Waals surface area (Å²) in [5.74, 6) is 0.686. The van der Waals surface area contributed by atoms with E-state index in [0.717, 1.165) is 0 Å². The molecule has 0 aliphatic carbocycles. The van der Waals surface area contributed by atoms with E-state index in [2.05, 4.69) is 5.10 Å². The normalized spacial score (nSPS) is 16.2. The van der Waals surface area contributed by atoms with Gasteiger partial charge in [0.25, 0.3) is 5.69 Å². The Balaban J connectivity index is 1.88. The average molecular weight is 341 g/mol. The predicted octanol–water partition coefficient (Wildman–Crippen LogP) is 2.84. The van der Waals surface area contributed by atoms with Crippen LogP contribution in [0.3, 0.4) is 0 Å². The van der Waals surface area contributed by atoms with E-state index in [1.54, 1.807) is 43.5 Å². The fourth-order valence-electron chi connectivity index (χ4n) is 2.39. The summed E-state index contributed by atoms with van der Waals surface area (Å²) in [7, 11) is 1.57. The van der Waals surface area contributed by atoms with Gasteiger partial charge in [-0.3, -0.25) is 14.9 Å². The summed E-state index contributed by atoms with van der Waals surface area (Å²) in [5.41, 5.74) is 1.25. The van der Waals surface area contributed by atoms with Gasteiger partial charge in [0.05, 0.1) is 12.0 Å². The minimum Gasteiger partial charge on any atom is -0.497 e. The van der Waals surface area contributed by atoms with E-state index in [4.69, 9.17) is 9.47 Å². The third-order valence-corrected chi connectivity index (χ3v) is 3.69. The zero-order valence-electron chi connectivity index (χ0n) is 13.6. The van der Waals surface area contributed by atoms with Crippen molar-refractivity contribution in [1.82, 2.24) is 5.01 Å². The number of nitro groups is 1. The second-order valence-electron chi connectivity index (χ2n) is 5.32. The highest BCUT2D eigenvalue weighted by Crippen LogP contribution is 2.31. The molecule has 1 atom stereocenters. The van der Waals surface area contributed by atoms with Crippen LogP contribution in [0.2, 0.25) is 0 Å². The number of benzene rings is 2. The van der Waals surface area contributed by atoms with Gasteiger partial charge in [0, 0.05) is 30.2 Å². The van der Waals surface area contributed by atoms with Crippen LogP contribution in [0.25, 0.3) is 0 Å². The minimum absolute atomic E-state index is 0.0348. The van der Waals surface area contributed by atoms with Crippen molar-refractivity contribution in [2.75, 3.05) is 7.11 Å². The summed E-state index contributed by atoms with van der Waals surface area (Å²) in [6.07, 6.45) is -0.768. The van der Waals surface area contributed by atoms with Crippen LogP contribution in [0, 0.1) is 10.1 Å². The number of hydrogen-bond acceptors (Lipinski definition) is 6. The van der Waals surface area contributed by atoms with Crippen molar-refractivity contribution in [2.24, 2.45) is 5.10 Å². The van der Waals surface area contributed by atoms with Gasteiger partial charge in [-0.05, 0) is 36.4 Å². The van der Waals surface area contributed by atoms with Gasteiger partial charge in [-0.2, -0.15) is 5.01 Å². The number of nitro benzene ring substituents is 1. The molecule has 2 aromatic rings. The first-order chi connectivity index (χ1) is 12.0. The van der Waals surface area contributed by atoms with Crippen LogP contribution in [-0.2, 0) is 9.53 Å². The van der Waals surface area contributed by atoms with Crippen LogP contribution in [0.15, 0.2) is 53.6 Å². The Bertz CT molecular complexity index is 830. The molecule has 1 aliphatic rings. The molecular formula is C17H15N3O5. The van der Waals surface area contributed by atoms with Gasteiger partial charge in [-0.15, -0.1) is 5.10 Å². The lowest BCUT2D eigenvalue weighted by molar-refractivity contribution is -0.384. The fraction of sp³-hybridized carbons (Fsp3) is 0.176. The van der Waals surface area contributed by atoms with E-state index in [9.17, 15) is 14.9 Å². The number of amides is 1. The summed E-state index contributed by atoms with van der Waals surface area (Å²) < 4.78 is 10.9. The van der Waals surface area contributed by atoms with Crippen molar-refractivity contribution in [3.63, 3.8) is 0 Å². The average Bonchev–Trinajstić information content (AvgIpc) is 3.07. The summed E-state index contributed by atoms with van der Waals surface area (Å²) in [6.45, 7) is 1.38. The molecule has 0 N–H and O–H groups in total. The van der Waals surface area contributed by atoms with Crippen molar-refractivity contribution in [1.29, 1.82) is 0 Å². The maximum Gasteiger partial charge on any atom is 0.269 e. The lowest BCUT2D eigenvalue weighted by Gasteiger charge is -2.19. The van der Waals surface area contributed by atoms with Gasteiger partial charge < -0.3 is 9.47 Å². The molecule has 0 radical (unpaired) electrons. The predicted molar refractivity (Wildman–Crippen MR) is 89.0 cm³/mol. The Morgan fingerprint density at radius 2 is 1.84 bits per heavy atom. The number of carbonyl (C=O) groups is 1. The highest BCUT2D eigenvalue weighted by atomic mass is 16.6. The van der Waals surface area contributed by atoms with Crippen LogP contribution in [-0.4, -0.2) is 28.8 Å². The molecule has 0 fully saturated rings. The molecule has 128 valence electrons. The molecule has 25 heavy (non-hydrogen) atoms. The lowest BCUT2D eigenvalue weighted by atomic mass is 10.1. The Morgan fingerprint density at radius 3 is 2.36 bits per heavy atom. The standard InChI is InChI=1S/C17H15N3O5/c1-11(21)19-17(13-3-7-14(8-4-13)20(22)23)25-16(18-19)12-5-9-15(24-2)10-6-12/h3-10,17H,1-2H3. The Kier molecular flexibility index (Phi) is 4.34. The summed E-state index contributed by atoms with van der Waals surface area (Å²) in [6, 6.07) is 12.9. The number of methoxy groups -OCH3 is 1. The monoisotopic (exact) mass is 341 g/mol. The fourth-order valence-corrected chi connectivity index (χ4v) is 2.39. The first-order valence-corrected chi connectivity index (χ1v) is 7.43. The molecule has 8 nitrogen and oxygen atoms in total. The zero-order chi connectivity index (χ0) is 18.0. The minimum atomic E-state index is -0.768. The van der Waals surface area contributed by atoms with Gasteiger partial charge in [-0.25, -0.2) is 0 Å². The second kappa shape index (κ2) is 6.60. The molecule has 0 aromatic heterocycles. The number of carbonyl (C=O) groups excluding carboxylic acids is 1. The molecule has 0 bridgehead atoms. The Hall–Kier alpha value is -3.42. The van der Waals surface area contributed by atoms with Crippen LogP contribution in [0.1, 0.15) is 24.3 Å². The van der Waals surface area contributed by atoms with Crippen molar-refractivity contribution < 1.29 is 19.2 Å². The third-order valence-electron chi connectivity index (χ3n) is 3.69. The molecule has 0 spiro atoms. The molecule has 1 heterocycles. The molecule has 1 aliphatic heterocycles. The second-order valence-corrected chi connectivity index (χ2v) is 5.32. The smallest absolute Gasteiger partial charge is 0.269 e. The lowest BCUT2D eigenvalue weighted by Crippen LogP contribution is -2.25. The number of non-ortho nitro benzene ring substituents is 1. The zero-order valence-corrected chi connectivity index (χ0v) is 13.6. The van der Waals surface area contributed by atoms with Gasteiger partial charge in [0.2, 0.25) is 18.0 Å². The summed E-state index contributed by atoms with van der Waals surface area (Å²) in [4.78, 5) is 22.2. The maximum absolute atomic E-state index is 11.9. The highest BCUT2D eigenvalue weighted by Gasteiger charge is 2.33. The van der Waals surface area contributed by atoms with E-state index < -0.39 is 11.2 Å². The molecular weight excluding hydrogens is 326 g/mol. The van der Waals surface area contributed by atoms with Crippen LogP contribution in [0.5, 0.6) is 5.75 Å². The van der Waals surface area contributed by atoms with Crippen molar-refractivity contribution in [3.8, 4) is 5.75 Å². The largest absolute Gasteiger partial charge is 0.497 e. The number of hydrazone groups is 1. The number of rotatable bonds is 4. The van der Waals surface area contributed by atoms with Crippen molar-refractivity contribution >= 4 is 17.5 Å². The van der Waals surface area contributed by atoms with Gasteiger partial charge in [-0.1, -0.05) is 0 Å². The molecule has 1 unspecified atom stereocenters. The van der Waals surface area contributed by atoms with E-state index in [-0.39, 0.29) is 11.6 Å². The maximum atomic E-state index is 11.9.